The Balaban J connectivity index is -0.000000311. The fourth-order valence-corrected chi connectivity index (χ4v) is 3.52. The van der Waals surface area contributed by atoms with Gasteiger partial charge in [0.05, 0.1) is 21.1 Å². The van der Waals surface area contributed by atoms with Crippen LogP contribution in [0.15, 0.2) is 0 Å². The summed E-state index contributed by atoms with van der Waals surface area (Å²) in [5, 5.41) is 9.17. The lowest BCUT2D eigenvalue weighted by Crippen LogP contribution is -3.00. The number of rotatable bonds is 19. The van der Waals surface area contributed by atoms with E-state index >= 15 is 0 Å². The molecule has 1 unspecified atom stereocenters. The van der Waals surface area contributed by atoms with Gasteiger partial charge in [-0.2, -0.15) is 0 Å². The maximum Gasteiger partial charge on any atom is 0.189 e. The maximum absolute atomic E-state index is 9.17. The number of nitrogens with zero attached hydrogens (tertiary/aromatic N) is 2. The number of hydrogen-bond donors (Lipinski definition) is 1. The number of aliphatic hydroxyl groups excluding tert-OH is 1. The maximum atomic E-state index is 9.17. The van der Waals surface area contributed by atoms with Gasteiger partial charge in [-0.1, -0.05) is 110 Å². The fourth-order valence-electron chi connectivity index (χ4n) is 3.52. The Morgan fingerprint density at radius 2 is 0.903 bits per heavy atom. The molecule has 0 aliphatic rings. The van der Waals surface area contributed by atoms with E-state index in [0.717, 1.165) is 6.42 Å². The molecule has 0 radical (unpaired) electrons. The smallest absolute Gasteiger partial charge is 0.189 e. The Kier molecular flexibility index (Phi) is 35.6. The topological polar surface area (TPSA) is 23.5 Å². The van der Waals surface area contributed by atoms with Crippen molar-refractivity contribution < 1.29 is 22.0 Å². The normalized spacial score (nSPS) is 11.9. The van der Waals surface area contributed by atoms with Crippen LogP contribution in [0, 0.1) is 0 Å². The summed E-state index contributed by atoms with van der Waals surface area (Å²) in [7, 11) is 10.3. The van der Waals surface area contributed by atoms with Crippen molar-refractivity contribution in [1.82, 2.24) is 4.90 Å². The van der Waals surface area contributed by atoms with E-state index in [1.165, 1.54) is 109 Å². The molecular formula is C26H60Cl2N2O. The molecule has 5 heteroatoms. The lowest BCUT2D eigenvalue weighted by atomic mass is 10.0. The average molecular weight is 488 g/mol. The van der Waals surface area contributed by atoms with Gasteiger partial charge in [0.15, 0.2) is 6.23 Å². The van der Waals surface area contributed by atoms with Crippen molar-refractivity contribution in [2.45, 2.75) is 129 Å². The number of quaternary nitrogens is 1. The SMILES string of the molecule is CCC(O)[N+](C)(C)C.CCCCCCCCCCCCCCCCCCN(C)C.Cl.[Cl-]. The van der Waals surface area contributed by atoms with Gasteiger partial charge < -0.3 is 26.9 Å². The van der Waals surface area contributed by atoms with Crippen LogP contribution in [-0.4, -0.2) is 62.5 Å². The van der Waals surface area contributed by atoms with Gasteiger partial charge in [0, 0.05) is 6.42 Å². The van der Waals surface area contributed by atoms with Crippen molar-refractivity contribution in [3.63, 3.8) is 0 Å². The van der Waals surface area contributed by atoms with Crippen molar-refractivity contribution in [2.75, 3.05) is 41.8 Å². The first-order valence-electron chi connectivity index (χ1n) is 12.9. The minimum absolute atomic E-state index is 0. The van der Waals surface area contributed by atoms with Crippen LogP contribution in [0.1, 0.15) is 123 Å². The van der Waals surface area contributed by atoms with Crippen LogP contribution in [0.2, 0.25) is 0 Å². The third-order valence-electron chi connectivity index (χ3n) is 5.72. The Morgan fingerprint density at radius 1 is 0.613 bits per heavy atom. The van der Waals surface area contributed by atoms with E-state index in [4.69, 9.17) is 5.11 Å². The van der Waals surface area contributed by atoms with Gasteiger partial charge >= 0.3 is 0 Å². The molecule has 1 N–H and O–H groups in total. The molecule has 0 aliphatic carbocycles. The molecule has 0 aromatic rings. The summed E-state index contributed by atoms with van der Waals surface area (Å²) in [5.74, 6) is 0. The molecule has 0 aromatic carbocycles. The third kappa shape index (κ3) is 35.2. The second kappa shape index (κ2) is 28.5. The second-order valence-corrected chi connectivity index (χ2v) is 10.1. The highest BCUT2D eigenvalue weighted by Crippen LogP contribution is 2.13. The van der Waals surface area contributed by atoms with Crippen LogP contribution in [0.4, 0.5) is 0 Å². The summed E-state index contributed by atoms with van der Waals surface area (Å²) in [5.41, 5.74) is 0. The van der Waals surface area contributed by atoms with Crippen molar-refractivity contribution in [3.05, 3.63) is 0 Å². The van der Waals surface area contributed by atoms with Crippen LogP contribution >= 0.6 is 12.4 Å². The van der Waals surface area contributed by atoms with Gasteiger partial charge in [-0.15, -0.1) is 12.4 Å². The zero-order valence-corrected chi connectivity index (χ0v) is 24.0. The van der Waals surface area contributed by atoms with Crippen LogP contribution < -0.4 is 12.4 Å². The molecule has 0 saturated carbocycles. The molecule has 0 fully saturated rings. The molecule has 1 atom stereocenters. The second-order valence-electron chi connectivity index (χ2n) is 10.1. The average Bonchev–Trinajstić information content (AvgIpc) is 2.66. The van der Waals surface area contributed by atoms with Crippen molar-refractivity contribution in [1.29, 1.82) is 0 Å². The highest BCUT2D eigenvalue weighted by Gasteiger charge is 2.16. The minimum atomic E-state index is -0.213. The summed E-state index contributed by atoms with van der Waals surface area (Å²) < 4.78 is 0.635. The first kappa shape index (κ1) is 38.7. The lowest BCUT2D eigenvalue weighted by Gasteiger charge is -2.28. The molecule has 0 amide bonds. The zero-order chi connectivity index (χ0) is 22.4. The van der Waals surface area contributed by atoms with Gasteiger partial charge in [0.1, 0.15) is 0 Å². The molecule has 194 valence electrons. The summed E-state index contributed by atoms with van der Waals surface area (Å²) in [6.45, 7) is 5.54. The van der Waals surface area contributed by atoms with E-state index in [-0.39, 0.29) is 31.0 Å². The Labute approximate surface area is 210 Å². The molecular weight excluding hydrogens is 427 g/mol. The van der Waals surface area contributed by atoms with E-state index in [1.54, 1.807) is 0 Å². The Bertz CT molecular complexity index is 310. The lowest BCUT2D eigenvalue weighted by molar-refractivity contribution is -0.918. The van der Waals surface area contributed by atoms with E-state index in [2.05, 4.69) is 25.9 Å². The summed E-state index contributed by atoms with van der Waals surface area (Å²) >= 11 is 0. The van der Waals surface area contributed by atoms with E-state index in [1.807, 2.05) is 28.1 Å². The molecule has 0 aliphatic heterocycles. The highest BCUT2D eigenvalue weighted by atomic mass is 35.5. The van der Waals surface area contributed by atoms with Crippen LogP contribution in [0.5, 0.6) is 0 Å². The molecule has 0 bridgehead atoms. The van der Waals surface area contributed by atoms with Crippen LogP contribution in [-0.2, 0) is 0 Å². The third-order valence-corrected chi connectivity index (χ3v) is 5.72. The predicted molar refractivity (Wildman–Crippen MR) is 140 cm³/mol. The minimum Gasteiger partial charge on any atom is -1.00 e. The fraction of sp³-hybridized carbons (Fsp3) is 1.00. The van der Waals surface area contributed by atoms with Gasteiger partial charge in [-0.3, -0.25) is 0 Å². The monoisotopic (exact) mass is 486 g/mol. The van der Waals surface area contributed by atoms with Crippen molar-refractivity contribution in [3.8, 4) is 0 Å². The predicted octanol–water partition coefficient (Wildman–Crippen LogP) is 4.66. The molecule has 3 nitrogen and oxygen atoms in total. The first-order valence-corrected chi connectivity index (χ1v) is 12.9. The summed E-state index contributed by atoms with van der Waals surface area (Å²) in [6, 6.07) is 0. The first-order chi connectivity index (χ1) is 13.8. The molecule has 0 rings (SSSR count). The van der Waals surface area contributed by atoms with Crippen LogP contribution in [0.3, 0.4) is 0 Å². The zero-order valence-electron chi connectivity index (χ0n) is 22.4. The Morgan fingerprint density at radius 3 is 1.10 bits per heavy atom. The molecule has 0 aromatic heterocycles. The van der Waals surface area contributed by atoms with Crippen LogP contribution in [0.25, 0.3) is 0 Å². The summed E-state index contributed by atoms with van der Waals surface area (Å²) in [6.07, 6.45) is 23.9. The molecule has 31 heavy (non-hydrogen) atoms. The molecule has 0 spiro atoms. The quantitative estimate of drug-likeness (QED) is 0.163. The highest BCUT2D eigenvalue weighted by molar-refractivity contribution is 5.85. The van der Waals surface area contributed by atoms with Gasteiger partial charge in [-0.25, -0.2) is 0 Å². The van der Waals surface area contributed by atoms with Crippen molar-refractivity contribution in [2.24, 2.45) is 0 Å². The molecule has 0 heterocycles. The number of halogens is 2. The Hall–Kier alpha value is 0.460. The van der Waals surface area contributed by atoms with E-state index < -0.39 is 0 Å². The largest absolute Gasteiger partial charge is 1.00 e. The van der Waals surface area contributed by atoms with E-state index in [9.17, 15) is 0 Å². The van der Waals surface area contributed by atoms with Gasteiger partial charge in [-0.05, 0) is 27.1 Å². The number of aliphatic hydroxyl groups is 1. The van der Waals surface area contributed by atoms with Gasteiger partial charge in [0.25, 0.3) is 0 Å². The number of unbranched alkanes of at least 4 members (excludes halogenated alkanes) is 15. The van der Waals surface area contributed by atoms with Gasteiger partial charge in [0.2, 0.25) is 0 Å². The summed E-state index contributed by atoms with van der Waals surface area (Å²) in [4.78, 5) is 2.30. The van der Waals surface area contributed by atoms with Crippen molar-refractivity contribution >= 4 is 12.4 Å². The number of hydrogen-bond acceptors (Lipinski definition) is 2. The standard InChI is InChI=1S/C20H43N.C6H16NO.2ClH/c1-4-5-6-7-8-9-10-11-12-13-14-15-16-17-18-19-20-21(2)3;1-5-6(8)7(2,3)4;;/h4-20H2,1-3H3;6,8H,5H2,1-4H3;2*1H/q;+1;;/p-1. The molecule has 0 saturated heterocycles. The van der Waals surface area contributed by atoms with E-state index in [0.29, 0.717) is 4.48 Å².